The summed E-state index contributed by atoms with van der Waals surface area (Å²) in [4.78, 5) is 17.0. The van der Waals surface area contributed by atoms with Crippen molar-refractivity contribution in [3.05, 3.63) is 59.7 Å². The molecular weight excluding hydrogens is 364 g/mol. The Labute approximate surface area is 174 Å². The van der Waals surface area contributed by atoms with Gasteiger partial charge in [-0.15, -0.1) is 0 Å². The third-order valence-corrected chi connectivity index (χ3v) is 5.80. The van der Waals surface area contributed by atoms with Crippen molar-refractivity contribution < 1.29 is 14.3 Å². The molecule has 1 heterocycles. The Morgan fingerprint density at radius 2 is 1.52 bits per heavy atom. The van der Waals surface area contributed by atoms with Crippen LogP contribution >= 0.6 is 0 Å². The molecule has 5 heteroatoms. The van der Waals surface area contributed by atoms with E-state index in [2.05, 4.69) is 17.0 Å². The molecule has 3 rings (SSSR count). The zero-order valence-corrected chi connectivity index (χ0v) is 17.8. The summed E-state index contributed by atoms with van der Waals surface area (Å²) >= 11 is 0. The number of rotatable bonds is 8. The summed E-state index contributed by atoms with van der Waals surface area (Å²) in [6, 6.07) is 15.7. The molecule has 0 atom stereocenters. The van der Waals surface area contributed by atoms with E-state index in [1.165, 1.54) is 5.56 Å². The number of methoxy groups -OCH3 is 2. The fraction of sp³-hybridized carbons (Fsp3) is 0.458. The number of carbonyl (C=O) groups is 1. The van der Waals surface area contributed by atoms with Crippen molar-refractivity contribution in [1.29, 1.82) is 0 Å². The maximum atomic E-state index is 12.7. The molecule has 0 spiro atoms. The van der Waals surface area contributed by atoms with E-state index in [1.807, 2.05) is 48.3 Å². The molecule has 0 saturated carbocycles. The van der Waals surface area contributed by atoms with Crippen LogP contribution in [0.1, 0.15) is 28.8 Å². The third kappa shape index (κ3) is 5.97. The fourth-order valence-electron chi connectivity index (χ4n) is 3.90. The first-order chi connectivity index (χ1) is 14.1. The van der Waals surface area contributed by atoms with Crippen molar-refractivity contribution in [2.75, 3.05) is 47.4 Å². The summed E-state index contributed by atoms with van der Waals surface area (Å²) in [5.74, 6) is 2.32. The number of hydrogen-bond acceptors (Lipinski definition) is 4. The summed E-state index contributed by atoms with van der Waals surface area (Å²) in [6.07, 6.45) is 3.34. The first-order valence-corrected chi connectivity index (χ1v) is 10.3. The second kappa shape index (κ2) is 10.3. The van der Waals surface area contributed by atoms with Gasteiger partial charge in [0.25, 0.3) is 5.91 Å². The molecule has 1 aliphatic heterocycles. The first-order valence-electron chi connectivity index (χ1n) is 10.3. The molecule has 29 heavy (non-hydrogen) atoms. The van der Waals surface area contributed by atoms with Gasteiger partial charge in [-0.3, -0.25) is 4.79 Å². The Morgan fingerprint density at radius 1 is 0.966 bits per heavy atom. The molecule has 1 fully saturated rings. The number of hydrogen-bond donors (Lipinski definition) is 0. The fourth-order valence-corrected chi connectivity index (χ4v) is 3.90. The molecule has 0 aliphatic carbocycles. The summed E-state index contributed by atoms with van der Waals surface area (Å²) in [5.41, 5.74) is 2.06. The Hall–Kier alpha value is -2.53. The van der Waals surface area contributed by atoms with Gasteiger partial charge in [0.15, 0.2) is 0 Å². The summed E-state index contributed by atoms with van der Waals surface area (Å²) in [7, 11) is 5.23. The second-order valence-corrected chi connectivity index (χ2v) is 7.80. The van der Waals surface area contributed by atoms with Crippen molar-refractivity contribution in [1.82, 2.24) is 9.80 Å². The van der Waals surface area contributed by atoms with Gasteiger partial charge in [-0.05, 0) is 80.2 Å². The van der Waals surface area contributed by atoms with Crippen molar-refractivity contribution >= 4 is 5.91 Å². The zero-order valence-electron chi connectivity index (χ0n) is 17.8. The quantitative estimate of drug-likeness (QED) is 0.682. The van der Waals surface area contributed by atoms with E-state index in [0.717, 1.165) is 56.9 Å². The molecule has 0 unspecified atom stereocenters. The van der Waals surface area contributed by atoms with E-state index in [4.69, 9.17) is 9.47 Å². The van der Waals surface area contributed by atoms with Gasteiger partial charge in [-0.25, -0.2) is 0 Å². The maximum Gasteiger partial charge on any atom is 0.253 e. The maximum absolute atomic E-state index is 12.7. The van der Waals surface area contributed by atoms with Gasteiger partial charge >= 0.3 is 0 Å². The Kier molecular flexibility index (Phi) is 7.53. The minimum atomic E-state index is 0.0783. The number of benzene rings is 2. The molecule has 2 aromatic carbocycles. The smallest absolute Gasteiger partial charge is 0.253 e. The zero-order chi connectivity index (χ0) is 20.6. The highest BCUT2D eigenvalue weighted by Crippen LogP contribution is 2.20. The van der Waals surface area contributed by atoms with Crippen molar-refractivity contribution in [2.45, 2.75) is 19.3 Å². The van der Waals surface area contributed by atoms with Gasteiger partial charge < -0.3 is 19.3 Å². The van der Waals surface area contributed by atoms with Crippen LogP contribution in [-0.2, 0) is 6.42 Å². The molecule has 0 aromatic heterocycles. The largest absolute Gasteiger partial charge is 0.497 e. The van der Waals surface area contributed by atoms with Crippen LogP contribution in [0.25, 0.3) is 0 Å². The van der Waals surface area contributed by atoms with Crippen LogP contribution in [0.15, 0.2) is 48.5 Å². The van der Waals surface area contributed by atoms with Crippen LogP contribution < -0.4 is 9.47 Å². The van der Waals surface area contributed by atoms with Crippen LogP contribution in [-0.4, -0.2) is 63.2 Å². The van der Waals surface area contributed by atoms with Crippen LogP contribution in [0, 0.1) is 5.92 Å². The van der Waals surface area contributed by atoms with E-state index in [9.17, 15) is 4.79 Å². The molecule has 0 N–H and O–H groups in total. The monoisotopic (exact) mass is 396 g/mol. The average Bonchev–Trinajstić information content (AvgIpc) is 2.78. The Balaban J connectivity index is 1.40. The molecule has 1 saturated heterocycles. The third-order valence-electron chi connectivity index (χ3n) is 5.80. The lowest BCUT2D eigenvalue weighted by Crippen LogP contribution is -2.40. The van der Waals surface area contributed by atoms with Gasteiger partial charge in [0.2, 0.25) is 0 Å². The lowest BCUT2D eigenvalue weighted by Gasteiger charge is -2.34. The van der Waals surface area contributed by atoms with Gasteiger partial charge in [0.1, 0.15) is 11.5 Å². The Bertz CT molecular complexity index is 766. The predicted molar refractivity (Wildman–Crippen MR) is 116 cm³/mol. The second-order valence-electron chi connectivity index (χ2n) is 7.80. The van der Waals surface area contributed by atoms with Gasteiger partial charge in [-0.1, -0.05) is 12.1 Å². The average molecular weight is 397 g/mol. The number of amides is 1. The molecule has 2 aromatic rings. The van der Waals surface area contributed by atoms with Crippen molar-refractivity contribution in [3.63, 3.8) is 0 Å². The molecular formula is C24H32N2O3. The number of nitrogens with zero attached hydrogens (tertiary/aromatic N) is 2. The van der Waals surface area contributed by atoms with E-state index in [-0.39, 0.29) is 5.91 Å². The molecule has 0 radical (unpaired) electrons. The first kappa shape index (κ1) is 21.2. The molecule has 1 amide bonds. The Morgan fingerprint density at radius 3 is 2.07 bits per heavy atom. The molecule has 156 valence electrons. The number of ether oxygens (including phenoxy) is 2. The van der Waals surface area contributed by atoms with Crippen molar-refractivity contribution in [3.8, 4) is 11.5 Å². The van der Waals surface area contributed by atoms with E-state index >= 15 is 0 Å². The molecule has 5 nitrogen and oxygen atoms in total. The standard InChI is InChI=1S/C24H32N2O3/c1-25(24(27)21-6-10-23(29-3)11-7-21)18-20-13-16-26(17-14-20)15-12-19-4-8-22(28-2)9-5-19/h4-11,20H,12-18H2,1-3H3. The van der Waals surface area contributed by atoms with Gasteiger partial charge in [-0.2, -0.15) is 0 Å². The number of piperidine rings is 1. The van der Waals surface area contributed by atoms with Gasteiger partial charge in [0, 0.05) is 25.7 Å². The molecule has 1 aliphatic rings. The van der Waals surface area contributed by atoms with Crippen molar-refractivity contribution in [2.24, 2.45) is 5.92 Å². The van der Waals surface area contributed by atoms with Crippen LogP contribution in [0.5, 0.6) is 11.5 Å². The van der Waals surface area contributed by atoms with Crippen LogP contribution in [0.3, 0.4) is 0 Å². The summed E-state index contributed by atoms with van der Waals surface area (Å²) in [6.45, 7) is 4.10. The highest BCUT2D eigenvalue weighted by molar-refractivity contribution is 5.94. The van der Waals surface area contributed by atoms with Gasteiger partial charge in [0.05, 0.1) is 14.2 Å². The van der Waals surface area contributed by atoms with E-state index in [0.29, 0.717) is 11.5 Å². The topological polar surface area (TPSA) is 42.0 Å². The van der Waals surface area contributed by atoms with Crippen LogP contribution in [0.4, 0.5) is 0 Å². The predicted octanol–water partition coefficient (Wildman–Crippen LogP) is 3.73. The van der Waals surface area contributed by atoms with Crippen LogP contribution in [0.2, 0.25) is 0 Å². The summed E-state index contributed by atoms with van der Waals surface area (Å²) < 4.78 is 10.4. The van der Waals surface area contributed by atoms with E-state index in [1.54, 1.807) is 14.2 Å². The molecule has 0 bridgehead atoms. The van der Waals surface area contributed by atoms with E-state index < -0.39 is 0 Å². The SMILES string of the molecule is COc1ccc(CCN2CCC(CN(C)C(=O)c3ccc(OC)cc3)CC2)cc1. The lowest BCUT2D eigenvalue weighted by molar-refractivity contribution is 0.0740. The lowest BCUT2D eigenvalue weighted by atomic mass is 9.95. The minimum Gasteiger partial charge on any atom is -0.497 e. The highest BCUT2D eigenvalue weighted by Gasteiger charge is 2.22. The normalized spacial score (nSPS) is 15.1. The highest BCUT2D eigenvalue weighted by atomic mass is 16.5. The summed E-state index contributed by atoms with van der Waals surface area (Å²) in [5, 5.41) is 0. The number of likely N-dealkylation sites (tertiary alicyclic amines) is 1. The minimum absolute atomic E-state index is 0.0783. The number of carbonyl (C=O) groups excluding carboxylic acids is 1.